The number of alkyl halides is 3. The number of halogens is 4. The molecule has 1 unspecified atom stereocenters. The van der Waals surface area contributed by atoms with Crippen molar-refractivity contribution >= 4 is 17.4 Å². The molecular formula is C26H29ClF3NO3. The number of ether oxygens (including phenoxy) is 2. The first-order valence-corrected chi connectivity index (χ1v) is 12.1. The standard InChI is InChI=1S/C26H29ClF3NO3/c27-21-7-5-20(6-8-21)25(13-1-2-14-25)24(32)17-31-15-3-4-19(16-31)18-33-22-9-11-23(12-10-22)34-26(28,29)30/h5-12,19H,1-4,13-18H2. The van der Waals surface area contributed by atoms with Gasteiger partial charge in [0.1, 0.15) is 11.5 Å². The molecule has 184 valence electrons. The average Bonchev–Trinajstić information content (AvgIpc) is 3.30. The number of nitrogens with zero attached hydrogens (tertiary/aromatic N) is 1. The van der Waals surface area contributed by atoms with Crippen molar-refractivity contribution in [3.8, 4) is 11.5 Å². The van der Waals surface area contributed by atoms with E-state index in [1.807, 2.05) is 24.3 Å². The minimum atomic E-state index is -4.71. The predicted octanol–water partition coefficient (Wildman–Crippen LogP) is 6.41. The third-order valence-corrected chi connectivity index (χ3v) is 7.15. The average molecular weight is 496 g/mol. The Morgan fingerprint density at radius 3 is 2.29 bits per heavy atom. The van der Waals surface area contributed by atoms with Crippen LogP contribution < -0.4 is 9.47 Å². The van der Waals surface area contributed by atoms with Gasteiger partial charge < -0.3 is 9.47 Å². The van der Waals surface area contributed by atoms with Crippen molar-refractivity contribution in [2.45, 2.75) is 50.3 Å². The molecule has 1 saturated heterocycles. The fourth-order valence-electron chi connectivity index (χ4n) is 5.21. The van der Waals surface area contributed by atoms with E-state index in [9.17, 15) is 18.0 Å². The summed E-state index contributed by atoms with van der Waals surface area (Å²) in [5, 5.41) is 0.672. The summed E-state index contributed by atoms with van der Waals surface area (Å²) in [6.45, 7) is 2.51. The molecule has 0 bridgehead atoms. The normalized spacial score (nSPS) is 20.8. The number of carbonyl (C=O) groups is 1. The summed E-state index contributed by atoms with van der Waals surface area (Å²) < 4.78 is 46.6. The van der Waals surface area contributed by atoms with E-state index in [0.717, 1.165) is 57.2 Å². The SMILES string of the molecule is O=C(CN1CCCC(COc2ccc(OC(F)(F)F)cc2)C1)C1(c2ccc(Cl)cc2)CCCC1. The molecule has 2 aromatic rings. The highest BCUT2D eigenvalue weighted by atomic mass is 35.5. The fraction of sp³-hybridized carbons (Fsp3) is 0.500. The van der Waals surface area contributed by atoms with Crippen LogP contribution in [0.2, 0.25) is 5.02 Å². The molecule has 34 heavy (non-hydrogen) atoms. The molecule has 4 nitrogen and oxygen atoms in total. The molecular weight excluding hydrogens is 467 g/mol. The zero-order valence-corrected chi connectivity index (χ0v) is 19.7. The van der Waals surface area contributed by atoms with Crippen LogP contribution in [-0.2, 0) is 10.2 Å². The maximum Gasteiger partial charge on any atom is 0.573 e. The van der Waals surface area contributed by atoms with E-state index in [0.29, 0.717) is 23.9 Å². The molecule has 2 fully saturated rings. The van der Waals surface area contributed by atoms with Crippen molar-refractivity contribution in [1.29, 1.82) is 0 Å². The van der Waals surface area contributed by atoms with Gasteiger partial charge in [-0.05, 0) is 74.2 Å². The van der Waals surface area contributed by atoms with Gasteiger partial charge >= 0.3 is 6.36 Å². The van der Waals surface area contributed by atoms with E-state index in [1.54, 1.807) is 0 Å². The molecule has 0 spiro atoms. The van der Waals surface area contributed by atoms with Gasteiger partial charge in [0.05, 0.1) is 18.6 Å². The van der Waals surface area contributed by atoms with Crippen molar-refractivity contribution in [3.05, 3.63) is 59.1 Å². The molecule has 1 atom stereocenters. The summed E-state index contributed by atoms with van der Waals surface area (Å²) in [5.74, 6) is 0.746. The van der Waals surface area contributed by atoms with E-state index in [1.165, 1.54) is 24.3 Å². The van der Waals surface area contributed by atoms with Crippen molar-refractivity contribution in [3.63, 3.8) is 0 Å². The van der Waals surface area contributed by atoms with Gasteiger partial charge in [0.15, 0.2) is 5.78 Å². The van der Waals surface area contributed by atoms with Crippen LogP contribution in [0.1, 0.15) is 44.1 Å². The Balaban J connectivity index is 1.32. The van der Waals surface area contributed by atoms with E-state index in [4.69, 9.17) is 16.3 Å². The molecule has 1 heterocycles. The highest BCUT2D eigenvalue weighted by molar-refractivity contribution is 6.30. The second-order valence-corrected chi connectivity index (χ2v) is 9.73. The molecule has 8 heteroatoms. The Morgan fingerprint density at radius 1 is 1.00 bits per heavy atom. The van der Waals surface area contributed by atoms with Crippen LogP contribution in [0.25, 0.3) is 0 Å². The zero-order chi connectivity index (χ0) is 24.2. The van der Waals surface area contributed by atoms with Gasteiger partial charge in [-0.15, -0.1) is 13.2 Å². The number of benzene rings is 2. The quantitative estimate of drug-likeness (QED) is 0.424. The van der Waals surface area contributed by atoms with E-state index in [2.05, 4.69) is 9.64 Å². The highest BCUT2D eigenvalue weighted by Crippen LogP contribution is 2.42. The Hall–Kier alpha value is -2.25. The van der Waals surface area contributed by atoms with Gasteiger partial charge in [0.25, 0.3) is 0 Å². The smallest absolute Gasteiger partial charge is 0.493 e. The van der Waals surface area contributed by atoms with Crippen LogP contribution in [0.4, 0.5) is 13.2 Å². The van der Waals surface area contributed by atoms with Gasteiger partial charge in [-0.3, -0.25) is 9.69 Å². The third kappa shape index (κ3) is 6.25. The lowest BCUT2D eigenvalue weighted by Gasteiger charge is -2.35. The van der Waals surface area contributed by atoms with E-state index < -0.39 is 11.8 Å². The lowest BCUT2D eigenvalue weighted by atomic mass is 9.75. The highest BCUT2D eigenvalue weighted by Gasteiger charge is 2.43. The first kappa shape index (κ1) is 24.9. The Morgan fingerprint density at radius 2 is 1.65 bits per heavy atom. The predicted molar refractivity (Wildman–Crippen MR) is 124 cm³/mol. The molecule has 1 aliphatic carbocycles. The first-order chi connectivity index (χ1) is 16.2. The van der Waals surface area contributed by atoms with Crippen molar-refractivity contribution in [1.82, 2.24) is 4.90 Å². The number of carbonyl (C=O) groups excluding carboxylic acids is 1. The third-order valence-electron chi connectivity index (χ3n) is 6.90. The summed E-state index contributed by atoms with van der Waals surface area (Å²) in [7, 11) is 0. The number of piperidine rings is 1. The molecule has 1 aliphatic heterocycles. The maximum atomic E-state index is 13.5. The second kappa shape index (κ2) is 10.6. The monoisotopic (exact) mass is 495 g/mol. The largest absolute Gasteiger partial charge is 0.573 e. The van der Waals surface area contributed by atoms with Gasteiger partial charge in [-0.1, -0.05) is 36.6 Å². The molecule has 0 amide bonds. The van der Waals surface area contributed by atoms with Gasteiger partial charge in [0, 0.05) is 17.5 Å². The number of hydrogen-bond acceptors (Lipinski definition) is 4. The van der Waals surface area contributed by atoms with Crippen molar-refractivity contribution < 1.29 is 27.4 Å². The van der Waals surface area contributed by atoms with Crippen LogP contribution in [0.15, 0.2) is 48.5 Å². The lowest BCUT2D eigenvalue weighted by molar-refractivity contribution is -0.274. The topological polar surface area (TPSA) is 38.8 Å². The first-order valence-electron chi connectivity index (χ1n) is 11.7. The molecule has 2 aromatic carbocycles. The molecule has 0 N–H and O–H groups in total. The molecule has 4 rings (SSSR count). The lowest BCUT2D eigenvalue weighted by Crippen LogP contribution is -2.45. The van der Waals surface area contributed by atoms with Crippen LogP contribution in [0.3, 0.4) is 0 Å². The number of rotatable bonds is 8. The molecule has 0 aromatic heterocycles. The summed E-state index contributed by atoms with van der Waals surface area (Å²) in [4.78, 5) is 15.8. The van der Waals surface area contributed by atoms with Crippen LogP contribution in [0.5, 0.6) is 11.5 Å². The maximum absolute atomic E-state index is 13.5. The van der Waals surface area contributed by atoms with Gasteiger partial charge in [0.2, 0.25) is 0 Å². The number of hydrogen-bond donors (Lipinski definition) is 0. The molecule has 0 radical (unpaired) electrons. The van der Waals surface area contributed by atoms with Crippen molar-refractivity contribution in [2.24, 2.45) is 5.92 Å². The summed E-state index contributed by atoms with van der Waals surface area (Å²) >= 11 is 6.07. The molecule has 2 aliphatic rings. The van der Waals surface area contributed by atoms with Gasteiger partial charge in [-0.2, -0.15) is 0 Å². The van der Waals surface area contributed by atoms with Crippen LogP contribution in [-0.4, -0.2) is 43.3 Å². The van der Waals surface area contributed by atoms with E-state index in [-0.39, 0.29) is 17.5 Å². The Bertz CT molecular complexity index is 957. The van der Waals surface area contributed by atoms with Crippen LogP contribution >= 0.6 is 11.6 Å². The molecule has 1 saturated carbocycles. The minimum absolute atomic E-state index is 0.253. The van der Waals surface area contributed by atoms with E-state index >= 15 is 0 Å². The fourth-order valence-corrected chi connectivity index (χ4v) is 5.34. The summed E-state index contributed by atoms with van der Waals surface area (Å²) in [6, 6.07) is 13.1. The number of ketones is 1. The number of Topliss-reactive ketones (excluding diaryl/α,β-unsaturated/α-hetero) is 1. The summed E-state index contributed by atoms with van der Waals surface area (Å²) in [6.07, 6.45) is 1.12. The number of likely N-dealkylation sites (tertiary alicyclic amines) is 1. The van der Waals surface area contributed by atoms with Crippen LogP contribution in [0, 0.1) is 5.92 Å². The van der Waals surface area contributed by atoms with Crippen molar-refractivity contribution in [2.75, 3.05) is 26.2 Å². The second-order valence-electron chi connectivity index (χ2n) is 9.29. The van der Waals surface area contributed by atoms with Gasteiger partial charge in [-0.25, -0.2) is 0 Å². The summed E-state index contributed by atoms with van der Waals surface area (Å²) in [5.41, 5.74) is 0.642. The minimum Gasteiger partial charge on any atom is -0.493 e. The zero-order valence-electron chi connectivity index (χ0n) is 19.0. The Labute approximate surface area is 203 Å². The Kier molecular flexibility index (Phi) is 7.73.